The van der Waals surface area contributed by atoms with Gasteiger partial charge >= 0.3 is 0 Å². The number of nitrogens with zero attached hydrogens (tertiary/aromatic N) is 3. The molecule has 3 rings (SSSR count). The second-order valence-electron chi connectivity index (χ2n) is 8.80. The Morgan fingerprint density at radius 2 is 2.04 bits per heavy atom. The van der Waals surface area contributed by atoms with Gasteiger partial charge in [-0.2, -0.15) is 0 Å². The van der Waals surface area contributed by atoms with Crippen molar-refractivity contribution in [2.45, 2.75) is 64.6 Å². The first-order valence-electron chi connectivity index (χ1n) is 10.0. The fourth-order valence-corrected chi connectivity index (χ4v) is 4.57. The zero-order valence-corrected chi connectivity index (χ0v) is 16.2. The molecule has 0 aliphatic carbocycles. The molecule has 1 N–H and O–H groups in total. The maximum Gasteiger partial charge on any atom is 0.0672 e. The van der Waals surface area contributed by atoms with Crippen LogP contribution in [0.15, 0.2) is 24.5 Å². The van der Waals surface area contributed by atoms with E-state index in [2.05, 4.69) is 34.7 Å². The number of aliphatic hydroxyl groups is 1. The lowest BCUT2D eigenvalue weighted by molar-refractivity contribution is -0.0785. The first-order chi connectivity index (χ1) is 11.9. The molecule has 0 radical (unpaired) electrons. The van der Waals surface area contributed by atoms with Gasteiger partial charge in [-0.1, -0.05) is 19.9 Å². The Balaban J connectivity index is 1.50. The first-order valence-corrected chi connectivity index (χ1v) is 10.0. The van der Waals surface area contributed by atoms with Crippen molar-refractivity contribution in [1.29, 1.82) is 0 Å². The number of rotatable bonds is 5. The van der Waals surface area contributed by atoms with Crippen LogP contribution in [0.1, 0.15) is 52.0 Å². The van der Waals surface area contributed by atoms with Crippen molar-refractivity contribution >= 4 is 0 Å². The summed E-state index contributed by atoms with van der Waals surface area (Å²) in [4.78, 5) is 9.45. The number of pyridine rings is 1. The molecular formula is C21H35N3O. The second-order valence-corrected chi connectivity index (χ2v) is 8.80. The van der Waals surface area contributed by atoms with Gasteiger partial charge in [-0.3, -0.25) is 14.8 Å². The van der Waals surface area contributed by atoms with E-state index in [4.69, 9.17) is 0 Å². The molecule has 4 heteroatoms. The average molecular weight is 346 g/mol. The average Bonchev–Trinajstić information content (AvgIpc) is 2.58. The van der Waals surface area contributed by atoms with E-state index in [1.165, 1.54) is 31.5 Å². The van der Waals surface area contributed by atoms with E-state index >= 15 is 0 Å². The van der Waals surface area contributed by atoms with Gasteiger partial charge in [0.05, 0.1) is 5.60 Å². The highest BCUT2D eigenvalue weighted by atomic mass is 16.3. The molecule has 2 fully saturated rings. The standard InChI is InChI=1S/C21H35N3O/c1-17(2)13-19-16-24(12-8-21(19,3)25)20-6-10-23(11-7-20)15-18-5-4-9-22-14-18/h4-5,9,14,17,19-20,25H,6-8,10-13,15-16H2,1-3H3/t19-,21+/m1/s1. The Morgan fingerprint density at radius 1 is 1.28 bits per heavy atom. The Hall–Kier alpha value is -0.970. The van der Waals surface area contributed by atoms with Gasteiger partial charge < -0.3 is 5.11 Å². The van der Waals surface area contributed by atoms with Crippen molar-refractivity contribution in [3.8, 4) is 0 Å². The molecule has 2 aliphatic heterocycles. The van der Waals surface area contributed by atoms with Crippen LogP contribution in [0.4, 0.5) is 0 Å². The van der Waals surface area contributed by atoms with Crippen LogP contribution in [0, 0.1) is 11.8 Å². The van der Waals surface area contributed by atoms with Gasteiger partial charge in [0.2, 0.25) is 0 Å². The number of piperidine rings is 2. The van der Waals surface area contributed by atoms with Gasteiger partial charge in [-0.05, 0) is 63.2 Å². The molecule has 2 atom stereocenters. The number of hydrogen-bond donors (Lipinski definition) is 1. The molecule has 2 saturated heterocycles. The van der Waals surface area contributed by atoms with Gasteiger partial charge in [-0.25, -0.2) is 0 Å². The van der Waals surface area contributed by atoms with Crippen molar-refractivity contribution in [3.05, 3.63) is 30.1 Å². The minimum Gasteiger partial charge on any atom is -0.390 e. The summed E-state index contributed by atoms with van der Waals surface area (Å²) in [6.07, 6.45) is 8.36. The fraction of sp³-hybridized carbons (Fsp3) is 0.762. The number of hydrogen-bond acceptors (Lipinski definition) is 4. The molecule has 0 bridgehead atoms. The molecule has 0 spiro atoms. The molecule has 1 aromatic heterocycles. The SMILES string of the molecule is CC(C)C[C@@H]1CN(C2CCN(Cc3cccnc3)CC2)CC[C@]1(C)O. The van der Waals surface area contributed by atoms with E-state index in [1.54, 1.807) is 0 Å². The number of aromatic nitrogens is 1. The van der Waals surface area contributed by atoms with Crippen molar-refractivity contribution < 1.29 is 5.11 Å². The van der Waals surface area contributed by atoms with Gasteiger partial charge in [0.15, 0.2) is 0 Å². The molecule has 25 heavy (non-hydrogen) atoms. The first kappa shape index (κ1) is 18.8. The molecular weight excluding hydrogens is 310 g/mol. The van der Waals surface area contributed by atoms with Gasteiger partial charge in [0.25, 0.3) is 0 Å². The van der Waals surface area contributed by atoms with Crippen LogP contribution in [-0.2, 0) is 6.54 Å². The lowest BCUT2D eigenvalue weighted by Crippen LogP contribution is -2.55. The van der Waals surface area contributed by atoms with E-state index in [1.807, 2.05) is 25.4 Å². The van der Waals surface area contributed by atoms with E-state index in [9.17, 15) is 5.11 Å². The maximum absolute atomic E-state index is 10.8. The number of likely N-dealkylation sites (tertiary alicyclic amines) is 2. The minimum absolute atomic E-state index is 0.412. The van der Waals surface area contributed by atoms with Crippen LogP contribution in [0.5, 0.6) is 0 Å². The van der Waals surface area contributed by atoms with Crippen molar-refractivity contribution in [2.24, 2.45) is 11.8 Å². The summed E-state index contributed by atoms with van der Waals surface area (Å²) in [5.74, 6) is 1.06. The van der Waals surface area contributed by atoms with Crippen LogP contribution in [-0.4, -0.2) is 57.7 Å². The Kier molecular flexibility index (Phi) is 6.13. The fourth-order valence-electron chi connectivity index (χ4n) is 4.57. The predicted octanol–water partition coefficient (Wildman–Crippen LogP) is 3.17. The summed E-state index contributed by atoms with van der Waals surface area (Å²) in [5.41, 5.74) is 0.828. The predicted molar refractivity (Wildman–Crippen MR) is 102 cm³/mol. The van der Waals surface area contributed by atoms with Crippen LogP contribution < -0.4 is 0 Å². The largest absolute Gasteiger partial charge is 0.390 e. The van der Waals surface area contributed by atoms with Crippen LogP contribution in [0.25, 0.3) is 0 Å². The van der Waals surface area contributed by atoms with Crippen LogP contribution in [0.3, 0.4) is 0 Å². The quantitative estimate of drug-likeness (QED) is 0.890. The monoisotopic (exact) mass is 345 g/mol. The highest BCUT2D eigenvalue weighted by Gasteiger charge is 2.39. The maximum atomic E-state index is 10.8. The zero-order chi connectivity index (χ0) is 17.9. The Bertz CT molecular complexity index is 523. The molecule has 4 nitrogen and oxygen atoms in total. The third-order valence-electron chi connectivity index (χ3n) is 6.20. The third kappa shape index (κ3) is 5.02. The summed E-state index contributed by atoms with van der Waals surface area (Å²) in [5, 5.41) is 10.8. The smallest absolute Gasteiger partial charge is 0.0672 e. The molecule has 0 aromatic carbocycles. The summed E-state index contributed by atoms with van der Waals surface area (Å²) in [7, 11) is 0. The summed E-state index contributed by atoms with van der Waals surface area (Å²) in [6.45, 7) is 12.1. The van der Waals surface area contributed by atoms with Gasteiger partial charge in [0.1, 0.15) is 0 Å². The van der Waals surface area contributed by atoms with Crippen LogP contribution in [0.2, 0.25) is 0 Å². The zero-order valence-electron chi connectivity index (χ0n) is 16.2. The molecule has 140 valence electrons. The van der Waals surface area contributed by atoms with E-state index in [0.717, 1.165) is 32.5 Å². The Morgan fingerprint density at radius 3 is 2.68 bits per heavy atom. The second kappa shape index (κ2) is 8.15. The van der Waals surface area contributed by atoms with Crippen LogP contribution >= 0.6 is 0 Å². The van der Waals surface area contributed by atoms with Gasteiger partial charge in [-0.15, -0.1) is 0 Å². The summed E-state index contributed by atoms with van der Waals surface area (Å²) < 4.78 is 0. The molecule has 0 unspecified atom stereocenters. The molecule has 3 heterocycles. The lowest BCUT2D eigenvalue weighted by atomic mass is 9.77. The molecule has 1 aromatic rings. The summed E-state index contributed by atoms with van der Waals surface area (Å²) >= 11 is 0. The Labute approximate surface area is 153 Å². The normalized spacial score (nSPS) is 30.0. The van der Waals surface area contributed by atoms with E-state index < -0.39 is 5.60 Å². The highest BCUT2D eigenvalue weighted by molar-refractivity contribution is 5.08. The minimum atomic E-state index is -0.484. The van der Waals surface area contributed by atoms with Crippen molar-refractivity contribution in [3.63, 3.8) is 0 Å². The van der Waals surface area contributed by atoms with E-state index in [-0.39, 0.29) is 0 Å². The van der Waals surface area contributed by atoms with Gasteiger partial charge in [0, 0.05) is 44.0 Å². The van der Waals surface area contributed by atoms with E-state index in [0.29, 0.717) is 17.9 Å². The molecule has 2 aliphatic rings. The summed E-state index contributed by atoms with van der Waals surface area (Å²) in [6, 6.07) is 4.88. The molecule has 0 amide bonds. The topological polar surface area (TPSA) is 39.6 Å². The third-order valence-corrected chi connectivity index (χ3v) is 6.20. The van der Waals surface area contributed by atoms with Crippen molar-refractivity contribution in [2.75, 3.05) is 26.2 Å². The molecule has 0 saturated carbocycles. The van der Waals surface area contributed by atoms with Crippen molar-refractivity contribution in [1.82, 2.24) is 14.8 Å². The lowest BCUT2D eigenvalue weighted by Gasteiger charge is -2.48. The highest BCUT2D eigenvalue weighted by Crippen LogP contribution is 2.34.